The van der Waals surface area contributed by atoms with Gasteiger partial charge in [0.2, 0.25) is 11.8 Å². The lowest BCUT2D eigenvalue weighted by atomic mass is 9.90. The quantitative estimate of drug-likeness (QED) is 0.0388. The summed E-state index contributed by atoms with van der Waals surface area (Å²) in [5.74, 6) is -1.87. The molecule has 3 amide bonds. The highest BCUT2D eigenvalue weighted by Gasteiger charge is 2.29. The number of fused-ring (bicyclic) bond motifs is 5. The molecule has 0 fully saturated rings. The van der Waals surface area contributed by atoms with Crippen LogP contribution in [0.1, 0.15) is 55.1 Å². The summed E-state index contributed by atoms with van der Waals surface area (Å²) < 4.78 is 33.5. The van der Waals surface area contributed by atoms with Gasteiger partial charge in [0, 0.05) is 53.3 Å². The van der Waals surface area contributed by atoms with Crippen molar-refractivity contribution in [3.8, 4) is 39.3 Å². The van der Waals surface area contributed by atoms with E-state index < -0.39 is 48.7 Å². The van der Waals surface area contributed by atoms with Crippen molar-refractivity contribution in [1.82, 2.24) is 10.6 Å². The van der Waals surface area contributed by atoms with Crippen LogP contribution in [0, 0.1) is 0 Å². The Labute approximate surface area is 368 Å². The third-order valence-electron chi connectivity index (χ3n) is 10.0. The van der Waals surface area contributed by atoms with Crippen molar-refractivity contribution in [2.24, 2.45) is 0 Å². The van der Waals surface area contributed by atoms with Gasteiger partial charge >= 0.3 is 18.0 Å². The van der Waals surface area contributed by atoms with Crippen LogP contribution in [0.2, 0.25) is 0 Å². The number of hydrogen-bond acceptors (Lipinski definition) is 12. The number of alkyl carbamates (subject to hydrolysis) is 1. The molecular formula is C49H47N3O12. The molecule has 64 heavy (non-hydrogen) atoms. The third-order valence-corrected chi connectivity index (χ3v) is 10.0. The fourth-order valence-electron chi connectivity index (χ4n) is 7.46. The Balaban J connectivity index is 0.940. The zero-order valence-electron chi connectivity index (χ0n) is 35.7. The molecule has 4 aromatic rings. The molecule has 0 aromatic heterocycles. The van der Waals surface area contributed by atoms with E-state index in [1.807, 2.05) is 36.4 Å². The van der Waals surface area contributed by atoms with E-state index in [1.165, 1.54) is 18.2 Å². The van der Waals surface area contributed by atoms with Gasteiger partial charge in [-0.05, 0) is 91.9 Å². The number of amides is 3. The van der Waals surface area contributed by atoms with E-state index in [1.54, 1.807) is 64.1 Å². The number of anilines is 1. The highest BCUT2D eigenvalue weighted by molar-refractivity contribution is 6.09. The number of esters is 2. The third kappa shape index (κ3) is 10.7. The topological polar surface area (TPSA) is 198 Å². The second kappa shape index (κ2) is 19.7. The van der Waals surface area contributed by atoms with Gasteiger partial charge in [0.1, 0.15) is 42.5 Å². The van der Waals surface area contributed by atoms with Gasteiger partial charge in [0.15, 0.2) is 12.0 Å². The number of hydrogen-bond donors (Lipinski definition) is 3. The van der Waals surface area contributed by atoms with Gasteiger partial charge in [0.25, 0.3) is 0 Å². The maximum atomic E-state index is 13.5. The summed E-state index contributed by atoms with van der Waals surface area (Å²) in [6.45, 7) is 6.10. The van der Waals surface area contributed by atoms with E-state index in [4.69, 9.17) is 28.1 Å². The summed E-state index contributed by atoms with van der Waals surface area (Å²) in [6.07, 6.45) is -0.612. The van der Waals surface area contributed by atoms with Crippen LogP contribution in [-0.4, -0.2) is 81.6 Å². The summed E-state index contributed by atoms with van der Waals surface area (Å²) in [5, 5.41) is 8.49. The minimum absolute atomic E-state index is 0.0692. The summed E-state index contributed by atoms with van der Waals surface area (Å²) >= 11 is 0. The Kier molecular flexibility index (Phi) is 13.7. The predicted molar refractivity (Wildman–Crippen MR) is 237 cm³/mol. The highest BCUT2D eigenvalue weighted by atomic mass is 16.6. The first-order valence-corrected chi connectivity index (χ1v) is 20.7. The van der Waals surface area contributed by atoms with Crippen molar-refractivity contribution < 1.29 is 52.1 Å². The number of rotatable bonds is 16. The van der Waals surface area contributed by atoms with Crippen molar-refractivity contribution >= 4 is 46.5 Å². The summed E-state index contributed by atoms with van der Waals surface area (Å²) in [5.41, 5.74) is 5.60. The van der Waals surface area contributed by atoms with Crippen LogP contribution in [0.15, 0.2) is 112 Å². The molecule has 3 aliphatic rings. The summed E-state index contributed by atoms with van der Waals surface area (Å²) in [6, 6.07) is 30.0. The fraction of sp³-hybridized carbons (Fsp3) is 0.265. The van der Waals surface area contributed by atoms with Gasteiger partial charge in [-0.1, -0.05) is 54.6 Å². The summed E-state index contributed by atoms with van der Waals surface area (Å²) in [4.78, 5) is 76.1. The normalized spacial score (nSPS) is 11.9. The van der Waals surface area contributed by atoms with E-state index in [9.17, 15) is 28.8 Å². The Hall–Kier alpha value is -7.52. The average molecular weight is 870 g/mol. The van der Waals surface area contributed by atoms with Crippen molar-refractivity contribution in [3.63, 3.8) is 0 Å². The average Bonchev–Trinajstić information content (AvgIpc) is 3.58. The number of nitrogens with one attached hydrogen (secondary N) is 3. The first-order valence-electron chi connectivity index (χ1n) is 20.7. The zero-order valence-corrected chi connectivity index (χ0v) is 35.7. The lowest BCUT2D eigenvalue weighted by Crippen LogP contribution is -2.37. The Bertz CT molecular complexity index is 2710. The molecule has 2 aliphatic carbocycles. The molecule has 0 spiro atoms. The minimum atomic E-state index is -0.691. The monoisotopic (exact) mass is 869 g/mol. The maximum Gasteiger partial charge on any atom is 0.407 e. The molecule has 3 N–H and O–H groups in total. The molecule has 0 radical (unpaired) electrons. The largest absolute Gasteiger partial charge is 0.482 e. The second-order valence-corrected chi connectivity index (χ2v) is 15.8. The minimum Gasteiger partial charge on any atom is -0.482 e. The van der Waals surface area contributed by atoms with Gasteiger partial charge in [0.05, 0.1) is 12.2 Å². The van der Waals surface area contributed by atoms with Crippen molar-refractivity contribution in [2.45, 2.75) is 39.2 Å². The van der Waals surface area contributed by atoms with Gasteiger partial charge in [-0.3, -0.25) is 14.4 Å². The van der Waals surface area contributed by atoms with Gasteiger partial charge in [-0.15, -0.1) is 0 Å². The summed E-state index contributed by atoms with van der Waals surface area (Å²) in [7, 11) is 0. The molecule has 4 aromatic carbocycles. The number of benzene rings is 5. The predicted octanol–water partition coefficient (Wildman–Crippen LogP) is 7.07. The van der Waals surface area contributed by atoms with Crippen LogP contribution in [0.4, 0.5) is 10.5 Å². The van der Waals surface area contributed by atoms with E-state index in [0.29, 0.717) is 33.4 Å². The van der Waals surface area contributed by atoms with E-state index in [-0.39, 0.29) is 61.3 Å². The smallest absolute Gasteiger partial charge is 0.407 e. The van der Waals surface area contributed by atoms with Crippen LogP contribution < -0.4 is 26.1 Å². The lowest BCUT2D eigenvalue weighted by molar-refractivity contribution is -0.157. The van der Waals surface area contributed by atoms with Crippen LogP contribution in [0.5, 0.6) is 5.75 Å². The zero-order chi connectivity index (χ0) is 45.4. The molecule has 0 unspecified atom stereocenters. The molecule has 330 valence electrons. The molecule has 1 heterocycles. The van der Waals surface area contributed by atoms with Crippen molar-refractivity contribution in [1.29, 1.82) is 0 Å². The first kappa shape index (κ1) is 44.5. The van der Waals surface area contributed by atoms with Crippen molar-refractivity contribution in [3.05, 3.63) is 130 Å². The molecule has 0 bridgehead atoms. The van der Waals surface area contributed by atoms with Crippen LogP contribution in [0.25, 0.3) is 44.5 Å². The highest BCUT2D eigenvalue weighted by Crippen LogP contribution is 2.45. The SMILES string of the molecule is CCOC(=O)c1cc(NC(=O)COCC(=O)NCCNC(=O)OCC2c3ccccc3-c3ccccc32)ccc1-c1c2ccc(=O)cc-2oc2cc(OCC(=O)OC(C)(C)C)ccc12. The standard InChI is InChI=1S/C49H47N3O12/c1-5-60-47(57)39-22-29(14-17-36(39)46-37-18-15-30(53)23-41(37)63-42-24-31(16-19-38(42)46)61-28-45(56)64-49(2,3)4)52-44(55)27-59-26-43(54)50-20-21-51-48(58)62-25-40-34-12-8-6-10-32(34)33-11-7-9-13-35(33)40/h6-19,22-24,40H,5,20-21,25-28H2,1-4H3,(H,50,54)(H,51,58)(H,52,55). The van der Waals surface area contributed by atoms with Gasteiger partial charge in [-0.2, -0.15) is 0 Å². The number of carbonyl (C=O) groups is 5. The Morgan fingerprint density at radius 1 is 0.703 bits per heavy atom. The molecule has 7 rings (SSSR count). The molecule has 15 heteroatoms. The van der Waals surface area contributed by atoms with Crippen LogP contribution in [0.3, 0.4) is 0 Å². The molecule has 0 saturated heterocycles. The molecule has 15 nitrogen and oxygen atoms in total. The number of ether oxygens (including phenoxy) is 5. The van der Waals surface area contributed by atoms with E-state index in [2.05, 4.69) is 28.1 Å². The lowest BCUT2D eigenvalue weighted by Gasteiger charge is -2.20. The molecule has 0 atom stereocenters. The molecule has 1 aliphatic heterocycles. The fourth-order valence-corrected chi connectivity index (χ4v) is 7.46. The first-order chi connectivity index (χ1) is 30.8. The van der Waals surface area contributed by atoms with Gasteiger partial charge in [-0.25, -0.2) is 14.4 Å². The van der Waals surface area contributed by atoms with Crippen LogP contribution >= 0.6 is 0 Å². The number of carbonyl (C=O) groups excluding carboxylic acids is 5. The van der Waals surface area contributed by atoms with E-state index in [0.717, 1.165) is 22.3 Å². The maximum absolute atomic E-state index is 13.5. The van der Waals surface area contributed by atoms with E-state index >= 15 is 0 Å². The van der Waals surface area contributed by atoms with Gasteiger partial charge < -0.3 is 44.1 Å². The molecular weight excluding hydrogens is 823 g/mol. The second-order valence-electron chi connectivity index (χ2n) is 15.8. The Morgan fingerprint density at radius 3 is 2.11 bits per heavy atom. The Morgan fingerprint density at radius 2 is 1.39 bits per heavy atom. The van der Waals surface area contributed by atoms with Crippen LogP contribution in [-0.2, 0) is 33.3 Å². The van der Waals surface area contributed by atoms with Crippen molar-refractivity contribution in [2.75, 3.05) is 51.4 Å². The molecule has 0 saturated carbocycles.